The van der Waals surface area contributed by atoms with Crippen LogP contribution in [0.1, 0.15) is 149 Å². The predicted molar refractivity (Wildman–Crippen MR) is 171 cm³/mol. The van der Waals surface area contributed by atoms with Gasteiger partial charge in [-0.3, -0.25) is 0 Å². The maximum atomic E-state index is 11.7. The molecule has 2 heterocycles. The van der Waals surface area contributed by atoms with Crippen molar-refractivity contribution in [2.75, 3.05) is 0 Å². The van der Waals surface area contributed by atoms with Gasteiger partial charge in [-0.05, 0) is 77.2 Å². The molecule has 1 fully saturated rings. The first-order chi connectivity index (χ1) is 21.1. The fourth-order valence-electron chi connectivity index (χ4n) is 6.42. The molecule has 2 aliphatic rings. The van der Waals surface area contributed by atoms with Gasteiger partial charge in [-0.15, -0.1) is 0 Å². The molecule has 9 heteroatoms. The maximum Gasteiger partial charge on any atom is 0.334 e. The lowest BCUT2D eigenvalue weighted by Crippen LogP contribution is -2.31. The van der Waals surface area contributed by atoms with E-state index < -0.39 is 42.6 Å². The summed E-state index contributed by atoms with van der Waals surface area (Å²) in [6, 6.07) is 0. The van der Waals surface area contributed by atoms with E-state index in [0.717, 1.165) is 25.7 Å². The van der Waals surface area contributed by atoms with Gasteiger partial charge in [-0.1, -0.05) is 71.1 Å². The second-order valence-corrected chi connectivity index (χ2v) is 13.4. The van der Waals surface area contributed by atoms with Crippen LogP contribution >= 0.6 is 0 Å². The Bertz CT molecular complexity index is 790. The molecule has 2 rings (SSSR count). The fourth-order valence-corrected chi connectivity index (χ4v) is 6.42. The summed E-state index contributed by atoms with van der Waals surface area (Å²) in [6.45, 7) is 3.99. The van der Waals surface area contributed by atoms with Gasteiger partial charge >= 0.3 is 5.97 Å². The summed E-state index contributed by atoms with van der Waals surface area (Å²) in [4.78, 5) is 11.7. The number of aliphatic hydroxyl groups is 6. The van der Waals surface area contributed by atoms with E-state index >= 15 is 0 Å². The zero-order chi connectivity index (χ0) is 32.3. The van der Waals surface area contributed by atoms with E-state index in [4.69, 9.17) is 9.47 Å². The van der Waals surface area contributed by atoms with Crippen molar-refractivity contribution in [3.05, 3.63) is 11.6 Å². The van der Waals surface area contributed by atoms with Gasteiger partial charge in [-0.2, -0.15) is 0 Å². The molecule has 0 saturated carbocycles. The van der Waals surface area contributed by atoms with Gasteiger partial charge in [-0.25, -0.2) is 4.79 Å². The maximum absolute atomic E-state index is 11.7. The number of hydrogen-bond donors (Lipinski definition) is 6. The van der Waals surface area contributed by atoms with E-state index in [1.165, 1.54) is 51.4 Å². The number of carbonyl (C=O) groups is 1. The third-order valence-corrected chi connectivity index (χ3v) is 9.34. The second-order valence-electron chi connectivity index (χ2n) is 13.4. The lowest BCUT2D eigenvalue weighted by atomic mass is 9.97. The van der Waals surface area contributed by atoms with E-state index in [1.807, 2.05) is 0 Å². The Labute approximate surface area is 266 Å². The van der Waals surface area contributed by atoms with Crippen LogP contribution < -0.4 is 0 Å². The second kappa shape index (κ2) is 22.5. The van der Waals surface area contributed by atoms with E-state index in [-0.39, 0.29) is 37.6 Å². The van der Waals surface area contributed by atoms with Gasteiger partial charge in [0.2, 0.25) is 0 Å². The van der Waals surface area contributed by atoms with Crippen LogP contribution in [-0.2, 0) is 14.3 Å². The molecule has 0 unspecified atom stereocenters. The summed E-state index contributed by atoms with van der Waals surface area (Å²) in [5, 5.41) is 62.3. The van der Waals surface area contributed by atoms with Gasteiger partial charge in [0.25, 0.3) is 0 Å². The molecule has 0 aromatic carbocycles. The van der Waals surface area contributed by atoms with Gasteiger partial charge in [0.05, 0.1) is 48.8 Å². The molecule has 2 aliphatic heterocycles. The molecule has 6 N–H and O–H groups in total. The normalized spacial score (nSPS) is 24.5. The van der Waals surface area contributed by atoms with Crippen molar-refractivity contribution in [1.82, 2.24) is 0 Å². The summed E-state index contributed by atoms with van der Waals surface area (Å²) < 4.78 is 11.1. The van der Waals surface area contributed by atoms with Crippen molar-refractivity contribution in [2.24, 2.45) is 0 Å². The molecule has 1 saturated heterocycles. The smallest absolute Gasteiger partial charge is 0.334 e. The third-order valence-electron chi connectivity index (χ3n) is 9.34. The summed E-state index contributed by atoms with van der Waals surface area (Å²) in [6.07, 6.45) is 13.8. The van der Waals surface area contributed by atoms with Crippen molar-refractivity contribution >= 4 is 5.97 Å². The summed E-state index contributed by atoms with van der Waals surface area (Å²) in [5.74, 6) is -0.410. The standard InChI is InChI=1S/C35H64O9/c1-3-4-5-6-7-8-9-10-11-12-15-29(37)32(40)20-21-33(41)34-22-18-28(44-34)14-13-16-30(38)31(39)19-17-27(36)24-26-23-25(2)43-35(26)42/h23,25,27-34,36-41H,3-22,24H2,1-2H3/t25-,27+,28+,29-,30-,31+,32-,33-,34+/m0/s1. The molecule has 0 aliphatic carbocycles. The fraction of sp³-hybridized carbons (Fsp3) is 0.914. The molecule has 44 heavy (non-hydrogen) atoms. The Hall–Kier alpha value is -1.07. The molecule has 9 atom stereocenters. The topological polar surface area (TPSA) is 157 Å². The van der Waals surface area contributed by atoms with Crippen LogP contribution in [0.4, 0.5) is 0 Å². The third kappa shape index (κ3) is 16.0. The highest BCUT2D eigenvalue weighted by Crippen LogP contribution is 2.28. The zero-order valence-electron chi connectivity index (χ0n) is 27.5. The zero-order valence-corrected chi connectivity index (χ0v) is 27.5. The predicted octanol–water partition coefficient (Wildman–Crippen LogP) is 5.00. The van der Waals surface area contributed by atoms with Crippen LogP contribution in [-0.4, -0.2) is 91.5 Å². The first-order valence-electron chi connectivity index (χ1n) is 17.8. The van der Waals surface area contributed by atoms with Crippen molar-refractivity contribution in [3.8, 4) is 0 Å². The molecule has 0 spiro atoms. The largest absolute Gasteiger partial charge is 0.455 e. The number of esters is 1. The number of carbonyl (C=O) groups excluding carboxylic acids is 1. The lowest BCUT2D eigenvalue weighted by Gasteiger charge is -2.23. The van der Waals surface area contributed by atoms with E-state index in [2.05, 4.69) is 6.92 Å². The van der Waals surface area contributed by atoms with Crippen LogP contribution in [0.2, 0.25) is 0 Å². The van der Waals surface area contributed by atoms with E-state index in [9.17, 15) is 35.4 Å². The Morgan fingerprint density at radius 2 is 1.25 bits per heavy atom. The van der Waals surface area contributed by atoms with Crippen LogP contribution in [0.15, 0.2) is 11.6 Å². The minimum absolute atomic E-state index is 0.0190. The Balaban J connectivity index is 1.50. The van der Waals surface area contributed by atoms with Crippen LogP contribution in [0, 0.1) is 0 Å². The number of rotatable bonds is 26. The molecule has 258 valence electrons. The lowest BCUT2D eigenvalue weighted by molar-refractivity contribution is -0.139. The Kier molecular flexibility index (Phi) is 20.0. The Morgan fingerprint density at radius 1 is 0.705 bits per heavy atom. The first kappa shape index (κ1) is 39.1. The number of cyclic esters (lactones) is 1. The highest BCUT2D eigenvalue weighted by molar-refractivity contribution is 5.90. The molecular weight excluding hydrogens is 564 g/mol. The monoisotopic (exact) mass is 628 g/mol. The van der Waals surface area contributed by atoms with Crippen molar-refractivity contribution in [2.45, 2.75) is 204 Å². The number of ether oxygens (including phenoxy) is 2. The summed E-state index contributed by atoms with van der Waals surface area (Å²) in [5.41, 5.74) is 0.452. The molecule has 0 radical (unpaired) electrons. The van der Waals surface area contributed by atoms with E-state index in [1.54, 1.807) is 13.0 Å². The van der Waals surface area contributed by atoms with Gasteiger partial charge in [0, 0.05) is 12.0 Å². The first-order valence-corrected chi connectivity index (χ1v) is 17.8. The van der Waals surface area contributed by atoms with Crippen LogP contribution in [0.25, 0.3) is 0 Å². The minimum Gasteiger partial charge on any atom is -0.455 e. The van der Waals surface area contributed by atoms with Crippen molar-refractivity contribution < 1.29 is 44.9 Å². The average molecular weight is 629 g/mol. The summed E-state index contributed by atoms with van der Waals surface area (Å²) >= 11 is 0. The average Bonchev–Trinajstić information content (AvgIpc) is 3.60. The van der Waals surface area contributed by atoms with Crippen LogP contribution in [0.5, 0.6) is 0 Å². The molecule has 0 amide bonds. The SMILES string of the molecule is CCCCCCCCCCCC[C@H](O)[C@@H](O)CC[C@H](O)[C@H]1CC[C@@H](CCC[C@H](O)[C@H](O)CC[C@@H](O)CC2=C[C@H](C)OC2=O)O1. The number of aliphatic hydroxyl groups excluding tert-OH is 6. The molecular formula is C35H64O9. The van der Waals surface area contributed by atoms with E-state index in [0.29, 0.717) is 44.1 Å². The number of hydrogen-bond acceptors (Lipinski definition) is 9. The Morgan fingerprint density at radius 3 is 1.84 bits per heavy atom. The highest BCUT2D eigenvalue weighted by atomic mass is 16.5. The van der Waals surface area contributed by atoms with Crippen molar-refractivity contribution in [3.63, 3.8) is 0 Å². The highest BCUT2D eigenvalue weighted by Gasteiger charge is 2.31. The van der Waals surface area contributed by atoms with Crippen LogP contribution in [0.3, 0.4) is 0 Å². The quantitative estimate of drug-likeness (QED) is 0.0573. The summed E-state index contributed by atoms with van der Waals surface area (Å²) in [7, 11) is 0. The van der Waals surface area contributed by atoms with Gasteiger partial charge in [0.1, 0.15) is 6.10 Å². The van der Waals surface area contributed by atoms with Crippen molar-refractivity contribution in [1.29, 1.82) is 0 Å². The molecule has 0 bridgehead atoms. The van der Waals surface area contributed by atoms with Gasteiger partial charge in [0.15, 0.2) is 0 Å². The van der Waals surface area contributed by atoms with Gasteiger partial charge < -0.3 is 40.1 Å². The minimum atomic E-state index is -0.959. The molecule has 9 nitrogen and oxygen atoms in total. The molecule has 0 aromatic rings. The number of unbranched alkanes of at least 4 members (excludes halogenated alkanes) is 9. The molecule has 0 aromatic heterocycles.